The van der Waals surface area contributed by atoms with Crippen molar-refractivity contribution in [3.8, 4) is 34.5 Å². The minimum atomic E-state index is 0.338. The van der Waals surface area contributed by atoms with Crippen LogP contribution in [0.4, 0.5) is 0 Å². The van der Waals surface area contributed by atoms with Crippen molar-refractivity contribution in [2.75, 3.05) is 52.9 Å². The minimum absolute atomic E-state index is 0.338. The van der Waals surface area contributed by atoms with Gasteiger partial charge in [0, 0.05) is 0 Å². The third-order valence-electron chi connectivity index (χ3n) is 9.64. The Hall–Kier alpha value is -7.00. The van der Waals surface area contributed by atoms with E-state index in [0.717, 1.165) is 70.0 Å². The van der Waals surface area contributed by atoms with Crippen LogP contribution in [0.1, 0.15) is 135 Å². The van der Waals surface area contributed by atoms with Crippen LogP contribution in [-0.4, -0.2) is 65.1 Å². The SMILES string of the molecule is C=CCOc1ccccc1C.C=CCOc1ccccc1C.C=CCOc1ccccc1C.C=CCOc1ccccc1C.CCC.CCC.CCC.CCC.CCC.Cc1ccccc1OCC1CO1.Cc1ccccc1OCC1CO1. The predicted octanol–water partition coefficient (Wildman–Crippen LogP) is 20.9. The second-order valence-electron chi connectivity index (χ2n) is 19.1. The molecule has 0 amide bonds. The van der Waals surface area contributed by atoms with Crippen LogP contribution in [0.25, 0.3) is 0 Å². The Labute approximate surface area is 507 Å². The first-order valence-corrected chi connectivity index (χ1v) is 29.9. The van der Waals surface area contributed by atoms with E-state index in [2.05, 4.69) is 95.6 Å². The maximum absolute atomic E-state index is 5.54. The molecule has 2 unspecified atom stereocenters. The van der Waals surface area contributed by atoms with Crippen LogP contribution in [0, 0.1) is 41.5 Å². The third kappa shape index (κ3) is 48.3. The fourth-order valence-electron chi connectivity index (χ4n) is 5.60. The maximum Gasteiger partial charge on any atom is 0.122 e. The van der Waals surface area contributed by atoms with Crippen LogP contribution >= 0.6 is 0 Å². The third-order valence-corrected chi connectivity index (χ3v) is 9.64. The van der Waals surface area contributed by atoms with Crippen molar-refractivity contribution in [3.63, 3.8) is 0 Å². The lowest BCUT2D eigenvalue weighted by molar-refractivity contribution is 0.262. The van der Waals surface area contributed by atoms with Crippen molar-refractivity contribution >= 4 is 0 Å². The van der Waals surface area contributed by atoms with E-state index in [0.29, 0.717) is 51.8 Å². The molecule has 0 spiro atoms. The van der Waals surface area contributed by atoms with Crippen molar-refractivity contribution in [1.82, 2.24) is 0 Å². The van der Waals surface area contributed by atoms with Gasteiger partial charge in [-0.3, -0.25) is 0 Å². The summed E-state index contributed by atoms with van der Waals surface area (Å²) >= 11 is 0. The highest BCUT2D eigenvalue weighted by Crippen LogP contribution is 2.21. The van der Waals surface area contributed by atoms with Gasteiger partial charge in [0.2, 0.25) is 0 Å². The summed E-state index contributed by atoms with van der Waals surface area (Å²) in [6, 6.07) is 47.8. The monoisotopic (exact) mass is 1140 g/mol. The number of hydrogen-bond donors (Lipinski definition) is 0. The molecule has 8 nitrogen and oxygen atoms in total. The number of para-hydroxylation sites is 6. The van der Waals surface area contributed by atoms with Gasteiger partial charge in [0.1, 0.15) is 86.3 Å². The van der Waals surface area contributed by atoms with E-state index in [1.807, 2.05) is 187 Å². The van der Waals surface area contributed by atoms with Gasteiger partial charge in [0.15, 0.2) is 0 Å². The van der Waals surface area contributed by atoms with E-state index in [9.17, 15) is 0 Å². The maximum atomic E-state index is 5.54. The van der Waals surface area contributed by atoms with Crippen LogP contribution in [0.5, 0.6) is 34.5 Å². The molecule has 2 heterocycles. The predicted molar refractivity (Wildman–Crippen MR) is 360 cm³/mol. The van der Waals surface area contributed by atoms with Gasteiger partial charge >= 0.3 is 0 Å². The lowest BCUT2D eigenvalue weighted by atomic mass is 10.2. The van der Waals surface area contributed by atoms with Crippen molar-refractivity contribution in [1.29, 1.82) is 0 Å². The van der Waals surface area contributed by atoms with Gasteiger partial charge in [-0.2, -0.15) is 0 Å². The summed E-state index contributed by atoms with van der Waals surface area (Å²) in [5.74, 6) is 5.68. The van der Waals surface area contributed by atoms with Crippen molar-refractivity contribution in [2.24, 2.45) is 0 Å². The molecule has 2 fully saturated rings. The van der Waals surface area contributed by atoms with Gasteiger partial charge in [0.25, 0.3) is 0 Å². The summed E-state index contributed by atoms with van der Waals surface area (Å²) in [4.78, 5) is 0. The Morgan fingerprint density at radius 1 is 0.301 bits per heavy atom. The number of rotatable bonds is 18. The molecule has 0 radical (unpaired) electrons. The second-order valence-corrected chi connectivity index (χ2v) is 19.1. The molecule has 460 valence electrons. The van der Waals surface area contributed by atoms with Crippen LogP contribution in [-0.2, 0) is 9.47 Å². The second kappa shape index (κ2) is 58.2. The topological polar surface area (TPSA) is 80.4 Å². The first kappa shape index (κ1) is 80.2. The van der Waals surface area contributed by atoms with Crippen molar-refractivity contribution < 1.29 is 37.9 Å². The van der Waals surface area contributed by atoms with Crippen molar-refractivity contribution in [2.45, 2.75) is 155 Å². The Kier molecular flexibility index (Phi) is 56.3. The van der Waals surface area contributed by atoms with Crippen LogP contribution in [0.2, 0.25) is 0 Å². The summed E-state index contributed by atoms with van der Waals surface area (Å²) in [5.41, 5.74) is 7.00. The average Bonchev–Trinajstić information content (AvgIpc) is 4.44. The van der Waals surface area contributed by atoms with E-state index in [1.54, 1.807) is 24.3 Å². The van der Waals surface area contributed by atoms with Crippen LogP contribution < -0.4 is 28.4 Å². The van der Waals surface area contributed by atoms with E-state index >= 15 is 0 Å². The average molecular weight is 1140 g/mol. The van der Waals surface area contributed by atoms with Crippen LogP contribution in [0.3, 0.4) is 0 Å². The molecule has 2 atom stereocenters. The standard InChI is InChI=1S/2C10H12O2.4C10H12O.5C3H8/c2*1-8-4-2-3-5-10(8)12-7-9-6-11-9;4*1-3-8-11-10-7-5-4-6-9(10)2;5*1-3-2/h2*2-5,9H,6-7H2,1H3;4*3-7H,1,8H2,2H3;5*3H2,1-2H3. The Morgan fingerprint density at radius 2 is 0.446 bits per heavy atom. The summed E-state index contributed by atoms with van der Waals surface area (Å²) in [5, 5.41) is 0. The molecular formula is C75H112O8. The summed E-state index contributed by atoms with van der Waals surface area (Å²) < 4.78 is 42.6. The fourth-order valence-corrected chi connectivity index (χ4v) is 5.60. The highest BCUT2D eigenvalue weighted by atomic mass is 16.6. The fraction of sp³-hybridized carbons (Fsp3) is 0.413. The Balaban J connectivity index is -0.000000882. The van der Waals surface area contributed by atoms with E-state index in [4.69, 9.17) is 37.9 Å². The molecule has 6 aromatic rings. The highest BCUT2D eigenvalue weighted by molar-refractivity contribution is 5.35. The van der Waals surface area contributed by atoms with Gasteiger partial charge in [-0.15, -0.1) is 0 Å². The molecule has 2 aliphatic rings. The van der Waals surface area contributed by atoms with Gasteiger partial charge < -0.3 is 37.9 Å². The van der Waals surface area contributed by atoms with E-state index in [1.165, 1.54) is 43.2 Å². The zero-order valence-corrected chi connectivity index (χ0v) is 54.6. The smallest absolute Gasteiger partial charge is 0.122 e. The number of epoxide rings is 2. The minimum Gasteiger partial charge on any atom is -0.491 e. The Morgan fingerprint density at radius 3 is 0.578 bits per heavy atom. The zero-order valence-electron chi connectivity index (χ0n) is 54.6. The first-order valence-electron chi connectivity index (χ1n) is 29.9. The molecule has 6 aromatic carbocycles. The quantitative estimate of drug-likeness (QED) is 0.0622. The number of aryl methyl sites for hydroxylation is 6. The molecule has 8 heteroatoms. The molecule has 8 rings (SSSR count). The van der Waals surface area contributed by atoms with Gasteiger partial charge in [-0.1, -0.05) is 261 Å². The lowest BCUT2D eigenvalue weighted by Crippen LogP contribution is -2.04. The normalized spacial score (nSPS) is 11.9. The number of benzene rings is 6. The van der Waals surface area contributed by atoms with E-state index < -0.39 is 0 Å². The molecule has 0 saturated carbocycles. The molecule has 2 aliphatic heterocycles. The zero-order chi connectivity index (χ0) is 62.7. The molecule has 83 heavy (non-hydrogen) atoms. The first-order chi connectivity index (χ1) is 40.2. The molecular weight excluding hydrogens is 1030 g/mol. The molecule has 2 saturated heterocycles. The highest BCUT2D eigenvalue weighted by Gasteiger charge is 2.23. The van der Waals surface area contributed by atoms with Gasteiger partial charge in [0.05, 0.1) is 13.2 Å². The summed E-state index contributed by atoms with van der Waals surface area (Å²) in [6.07, 6.45) is 13.9. The molecule has 0 bridgehead atoms. The molecule has 0 aliphatic carbocycles. The molecule has 0 N–H and O–H groups in total. The van der Waals surface area contributed by atoms with Crippen molar-refractivity contribution in [3.05, 3.63) is 230 Å². The van der Waals surface area contributed by atoms with Gasteiger partial charge in [-0.25, -0.2) is 0 Å². The van der Waals surface area contributed by atoms with E-state index in [-0.39, 0.29) is 0 Å². The number of hydrogen-bond acceptors (Lipinski definition) is 8. The summed E-state index contributed by atoms with van der Waals surface area (Å²) in [6.45, 7) is 53.1. The van der Waals surface area contributed by atoms with Crippen LogP contribution in [0.15, 0.2) is 196 Å². The van der Waals surface area contributed by atoms with Gasteiger partial charge in [-0.05, 0) is 111 Å². The number of ether oxygens (including phenoxy) is 8. The Bertz CT molecular complexity index is 2150. The molecule has 0 aromatic heterocycles. The largest absolute Gasteiger partial charge is 0.491 e. The lowest BCUT2D eigenvalue weighted by Gasteiger charge is -2.06. The summed E-state index contributed by atoms with van der Waals surface area (Å²) in [7, 11) is 0.